The number of piperidine rings is 1. The molecule has 4 nitrogen and oxygen atoms in total. The van der Waals surface area contributed by atoms with E-state index in [4.69, 9.17) is 4.84 Å². The predicted octanol–water partition coefficient (Wildman–Crippen LogP) is 2.62. The van der Waals surface area contributed by atoms with Gasteiger partial charge in [0.05, 0.1) is 24.1 Å². The molecule has 1 aromatic rings. The van der Waals surface area contributed by atoms with Crippen LogP contribution >= 0.6 is 0 Å². The number of carbonyl (C=O) groups excluding carboxylic acids is 1. The van der Waals surface area contributed by atoms with Gasteiger partial charge in [-0.05, 0) is 32.8 Å². The normalized spacial score (nSPS) is 34.9. The van der Waals surface area contributed by atoms with Crippen LogP contribution < -0.4 is 0 Å². The highest BCUT2D eigenvalue weighted by atomic mass is 16.7. The van der Waals surface area contributed by atoms with Gasteiger partial charge in [-0.2, -0.15) is 5.06 Å². The molecule has 2 heterocycles. The van der Waals surface area contributed by atoms with Crippen LogP contribution in [0.2, 0.25) is 0 Å². The van der Waals surface area contributed by atoms with Gasteiger partial charge in [0.15, 0.2) is 0 Å². The molecule has 2 fully saturated rings. The zero-order valence-corrected chi connectivity index (χ0v) is 13.2. The molecule has 5 atom stereocenters. The van der Waals surface area contributed by atoms with E-state index in [1.807, 2.05) is 37.2 Å². The molecule has 0 spiro atoms. The lowest BCUT2D eigenvalue weighted by atomic mass is 9.83. The smallest absolute Gasteiger partial charge is 0.230 e. The summed E-state index contributed by atoms with van der Waals surface area (Å²) in [7, 11) is 1.94. The quantitative estimate of drug-likeness (QED) is 0.838. The first-order valence-electron chi connectivity index (χ1n) is 7.77. The lowest BCUT2D eigenvalue weighted by molar-refractivity contribution is -0.147. The maximum absolute atomic E-state index is 13.0. The van der Waals surface area contributed by atoms with Crippen LogP contribution in [0.15, 0.2) is 30.3 Å². The summed E-state index contributed by atoms with van der Waals surface area (Å²) in [6.45, 7) is 6.26. The lowest BCUT2D eigenvalue weighted by Crippen LogP contribution is -2.55. The largest absolute Gasteiger partial charge is 0.333 e. The van der Waals surface area contributed by atoms with Gasteiger partial charge in [-0.1, -0.05) is 30.3 Å². The van der Waals surface area contributed by atoms with Crippen LogP contribution in [0.25, 0.3) is 0 Å². The van der Waals surface area contributed by atoms with Gasteiger partial charge in [-0.3, -0.25) is 9.63 Å². The Hall–Kier alpha value is -1.39. The number of nitrogens with zero attached hydrogens (tertiary/aromatic N) is 2. The Morgan fingerprint density at radius 3 is 2.57 bits per heavy atom. The van der Waals surface area contributed by atoms with Crippen molar-refractivity contribution in [2.75, 3.05) is 7.05 Å². The monoisotopic (exact) mass is 288 g/mol. The molecule has 0 bridgehead atoms. The van der Waals surface area contributed by atoms with Gasteiger partial charge in [-0.15, -0.1) is 0 Å². The average Bonchev–Trinajstić information content (AvgIpc) is 2.74. The minimum Gasteiger partial charge on any atom is -0.333 e. The third-order valence-electron chi connectivity index (χ3n) is 5.02. The maximum Gasteiger partial charge on any atom is 0.230 e. The van der Waals surface area contributed by atoms with E-state index in [1.54, 1.807) is 0 Å². The average molecular weight is 288 g/mol. The second kappa shape index (κ2) is 5.43. The molecule has 0 saturated carbocycles. The van der Waals surface area contributed by atoms with E-state index in [1.165, 1.54) is 5.56 Å². The van der Waals surface area contributed by atoms with Crippen LogP contribution in [0.4, 0.5) is 0 Å². The van der Waals surface area contributed by atoms with Crippen molar-refractivity contribution in [3.05, 3.63) is 35.9 Å². The fraction of sp³-hybridized carbons (Fsp3) is 0.588. The molecule has 114 valence electrons. The van der Waals surface area contributed by atoms with E-state index in [9.17, 15) is 4.79 Å². The van der Waals surface area contributed by atoms with Gasteiger partial charge in [0.1, 0.15) is 0 Å². The first kappa shape index (κ1) is 14.5. The van der Waals surface area contributed by atoms with E-state index in [-0.39, 0.29) is 36.1 Å². The van der Waals surface area contributed by atoms with Crippen LogP contribution in [-0.4, -0.2) is 41.1 Å². The molecule has 1 amide bonds. The van der Waals surface area contributed by atoms with Crippen molar-refractivity contribution in [3.8, 4) is 0 Å². The zero-order chi connectivity index (χ0) is 15.1. The molecule has 0 aromatic heterocycles. The third kappa shape index (κ3) is 2.36. The van der Waals surface area contributed by atoms with E-state index in [2.05, 4.69) is 30.9 Å². The number of benzene rings is 1. The molecule has 4 heteroatoms. The molecule has 0 radical (unpaired) electrons. The molecule has 0 aliphatic carbocycles. The van der Waals surface area contributed by atoms with Crippen LogP contribution in [0.5, 0.6) is 0 Å². The number of hydrogen-bond acceptors (Lipinski definition) is 3. The summed E-state index contributed by atoms with van der Waals surface area (Å²) < 4.78 is 0. The molecule has 2 aliphatic heterocycles. The number of fused-ring (bicyclic) bond motifs is 1. The van der Waals surface area contributed by atoms with Gasteiger partial charge in [-0.25, -0.2) is 0 Å². The van der Waals surface area contributed by atoms with Gasteiger partial charge in [0.25, 0.3) is 0 Å². The van der Waals surface area contributed by atoms with Crippen molar-refractivity contribution in [2.45, 2.75) is 51.4 Å². The Kier molecular flexibility index (Phi) is 3.76. The standard InChI is InChI=1S/C17H24N2O2/c1-11-10-15-16(13(3)21-18(15)4)17(20)19(11)12(2)14-8-6-5-7-9-14/h5-9,11-13,15-16H,10H2,1-4H3/t11-,12+,13-,15-,16-/m1/s1. The second-order valence-electron chi connectivity index (χ2n) is 6.37. The van der Waals surface area contributed by atoms with E-state index >= 15 is 0 Å². The number of likely N-dealkylation sites (tertiary alicyclic amines) is 1. The summed E-state index contributed by atoms with van der Waals surface area (Å²) in [5, 5.41) is 1.88. The summed E-state index contributed by atoms with van der Waals surface area (Å²) in [5.74, 6) is 0.185. The Bertz CT molecular complexity index is 519. The highest BCUT2D eigenvalue weighted by Crippen LogP contribution is 2.39. The van der Waals surface area contributed by atoms with Crippen molar-refractivity contribution in [1.82, 2.24) is 9.96 Å². The number of rotatable bonds is 2. The highest BCUT2D eigenvalue weighted by Gasteiger charge is 2.51. The topological polar surface area (TPSA) is 32.8 Å². The summed E-state index contributed by atoms with van der Waals surface area (Å²) in [6.07, 6.45) is 0.930. The molecule has 1 aromatic carbocycles. The van der Waals surface area contributed by atoms with Gasteiger partial charge < -0.3 is 4.90 Å². The van der Waals surface area contributed by atoms with Gasteiger partial charge in [0.2, 0.25) is 5.91 Å². The lowest BCUT2D eigenvalue weighted by Gasteiger charge is -2.43. The fourth-order valence-corrected chi connectivity index (χ4v) is 3.92. The highest BCUT2D eigenvalue weighted by molar-refractivity contribution is 5.82. The Labute approximate surface area is 126 Å². The van der Waals surface area contributed by atoms with E-state index < -0.39 is 0 Å². The molecule has 0 unspecified atom stereocenters. The van der Waals surface area contributed by atoms with E-state index in [0.717, 1.165) is 6.42 Å². The van der Waals surface area contributed by atoms with Gasteiger partial charge >= 0.3 is 0 Å². The molecule has 2 saturated heterocycles. The summed E-state index contributed by atoms with van der Waals surface area (Å²) >= 11 is 0. The SMILES string of the molecule is C[C@@H]1C[C@@H]2[C@H](C(=O)N1[C@@H](C)c1ccccc1)[C@@H](C)ON2C. The fourth-order valence-electron chi connectivity index (χ4n) is 3.92. The van der Waals surface area contributed by atoms with Crippen molar-refractivity contribution in [2.24, 2.45) is 5.92 Å². The summed E-state index contributed by atoms with van der Waals surface area (Å²) in [6, 6.07) is 10.8. The number of amides is 1. The van der Waals surface area contributed by atoms with Crippen molar-refractivity contribution < 1.29 is 9.63 Å². The van der Waals surface area contributed by atoms with Crippen LogP contribution in [0.1, 0.15) is 38.8 Å². The molecule has 21 heavy (non-hydrogen) atoms. The van der Waals surface area contributed by atoms with Crippen LogP contribution in [0, 0.1) is 5.92 Å². The molecule has 2 aliphatic rings. The minimum absolute atomic E-state index is 0.0366. The molecular formula is C17H24N2O2. The number of hydroxylamine groups is 2. The van der Waals surface area contributed by atoms with Crippen LogP contribution in [0.3, 0.4) is 0 Å². The predicted molar refractivity (Wildman–Crippen MR) is 81.4 cm³/mol. The Morgan fingerprint density at radius 2 is 1.90 bits per heavy atom. The van der Waals surface area contributed by atoms with Crippen LogP contribution in [-0.2, 0) is 9.63 Å². The summed E-state index contributed by atoms with van der Waals surface area (Å²) in [5.41, 5.74) is 1.19. The van der Waals surface area contributed by atoms with E-state index in [0.29, 0.717) is 0 Å². The maximum atomic E-state index is 13.0. The Balaban J connectivity index is 1.88. The second-order valence-corrected chi connectivity index (χ2v) is 6.37. The first-order valence-corrected chi connectivity index (χ1v) is 7.77. The van der Waals surface area contributed by atoms with Crippen molar-refractivity contribution in [3.63, 3.8) is 0 Å². The minimum atomic E-state index is -0.0441. The molecule has 0 N–H and O–H groups in total. The number of carbonyl (C=O) groups is 1. The molecule has 3 rings (SSSR count). The van der Waals surface area contributed by atoms with Crippen molar-refractivity contribution >= 4 is 5.91 Å². The molecular weight excluding hydrogens is 264 g/mol. The summed E-state index contributed by atoms with van der Waals surface area (Å²) in [4.78, 5) is 20.8. The first-order chi connectivity index (χ1) is 10.0. The van der Waals surface area contributed by atoms with Crippen molar-refractivity contribution in [1.29, 1.82) is 0 Å². The third-order valence-corrected chi connectivity index (χ3v) is 5.02. The van der Waals surface area contributed by atoms with Gasteiger partial charge in [0, 0.05) is 13.1 Å². The zero-order valence-electron chi connectivity index (χ0n) is 13.2. The Morgan fingerprint density at radius 1 is 1.24 bits per heavy atom. The number of hydrogen-bond donors (Lipinski definition) is 0.